The van der Waals surface area contributed by atoms with Gasteiger partial charge in [0.1, 0.15) is 29.7 Å². The molecule has 1 amide bonds. The van der Waals surface area contributed by atoms with Crippen molar-refractivity contribution in [2.24, 2.45) is 0 Å². The molecule has 1 aliphatic heterocycles. The minimum Gasteiger partial charge on any atom is -0.445 e. The monoisotopic (exact) mass is 537 g/mol. The quantitative estimate of drug-likeness (QED) is 0.334. The lowest BCUT2D eigenvalue weighted by atomic mass is 9.97. The van der Waals surface area contributed by atoms with Crippen LogP contribution in [0.25, 0.3) is 11.0 Å². The molecule has 0 unspecified atom stereocenters. The van der Waals surface area contributed by atoms with E-state index in [0.717, 1.165) is 11.6 Å². The van der Waals surface area contributed by atoms with Crippen LogP contribution in [-0.4, -0.2) is 32.5 Å². The Morgan fingerprint density at radius 3 is 2.59 bits per heavy atom. The molecule has 2 N–H and O–H groups in total. The van der Waals surface area contributed by atoms with Gasteiger partial charge in [0.2, 0.25) is 0 Å². The highest BCUT2D eigenvalue weighted by molar-refractivity contribution is 5.91. The molecule has 0 aliphatic carbocycles. The second-order valence-electron chi connectivity index (χ2n) is 9.38. The third-order valence-electron chi connectivity index (χ3n) is 6.75. The first-order valence-electron chi connectivity index (χ1n) is 12.4. The van der Waals surface area contributed by atoms with Crippen LogP contribution in [-0.2, 0) is 24.3 Å². The molecule has 1 aliphatic rings. The summed E-state index contributed by atoms with van der Waals surface area (Å²) < 4.78 is 46.8. The van der Waals surface area contributed by atoms with Crippen molar-refractivity contribution in [2.45, 2.75) is 45.9 Å². The summed E-state index contributed by atoms with van der Waals surface area (Å²) in [6, 6.07) is 12.4. The van der Waals surface area contributed by atoms with E-state index in [1.807, 2.05) is 30.3 Å². The second-order valence-corrected chi connectivity index (χ2v) is 9.38. The zero-order valence-corrected chi connectivity index (χ0v) is 21.3. The third kappa shape index (κ3) is 5.29. The number of aromatic nitrogens is 3. The Kier molecular flexibility index (Phi) is 7.23. The normalized spacial score (nSPS) is 13.8. The number of hydrogen-bond acceptors (Lipinski definition) is 6. The fraction of sp³-hybridized carbons (Fsp3) is 0.286. The Bertz CT molecular complexity index is 1590. The molecule has 0 radical (unpaired) electrons. The zero-order valence-electron chi connectivity index (χ0n) is 21.3. The molecule has 11 heteroatoms. The van der Waals surface area contributed by atoms with Crippen molar-refractivity contribution in [3.8, 4) is 0 Å². The average Bonchev–Trinajstić information content (AvgIpc) is 2.91. The number of carbonyl (C=O) groups excluding carboxylic acids is 1. The molecule has 5 rings (SSSR count). The zero-order chi connectivity index (χ0) is 27.7. The lowest BCUT2D eigenvalue weighted by Gasteiger charge is -2.29. The van der Waals surface area contributed by atoms with Crippen LogP contribution >= 0.6 is 0 Å². The summed E-state index contributed by atoms with van der Waals surface area (Å²) >= 11 is 0. The van der Waals surface area contributed by atoms with E-state index in [1.165, 1.54) is 17.0 Å². The molecule has 0 bridgehead atoms. The molecule has 1 atom stereocenters. The maximum atomic E-state index is 14.8. The first-order chi connectivity index (χ1) is 18.7. The summed E-state index contributed by atoms with van der Waals surface area (Å²) in [5, 5.41) is 3.66. The van der Waals surface area contributed by atoms with Gasteiger partial charge in [0.15, 0.2) is 0 Å². The van der Waals surface area contributed by atoms with Gasteiger partial charge in [-0.15, -0.1) is 0 Å². The van der Waals surface area contributed by atoms with E-state index in [-0.39, 0.29) is 24.3 Å². The maximum Gasteiger partial charge on any atom is 0.410 e. The summed E-state index contributed by atoms with van der Waals surface area (Å²) in [5.41, 5.74) is 1.18. The van der Waals surface area contributed by atoms with E-state index < -0.39 is 29.9 Å². The van der Waals surface area contributed by atoms with E-state index in [0.29, 0.717) is 46.8 Å². The van der Waals surface area contributed by atoms with Gasteiger partial charge in [0.05, 0.1) is 23.5 Å². The van der Waals surface area contributed by atoms with E-state index in [1.54, 1.807) is 13.8 Å². The molecule has 2 aromatic heterocycles. The van der Waals surface area contributed by atoms with Crippen LogP contribution in [0.3, 0.4) is 0 Å². The van der Waals surface area contributed by atoms with Crippen molar-refractivity contribution in [1.82, 2.24) is 19.9 Å². The van der Waals surface area contributed by atoms with Gasteiger partial charge in [-0.05, 0) is 31.4 Å². The second kappa shape index (κ2) is 10.8. The van der Waals surface area contributed by atoms with Gasteiger partial charge >= 0.3 is 6.09 Å². The fourth-order valence-corrected chi connectivity index (χ4v) is 4.80. The number of halogens is 3. The Morgan fingerprint density at radius 2 is 1.85 bits per heavy atom. The van der Waals surface area contributed by atoms with Gasteiger partial charge in [-0.2, -0.15) is 0 Å². The first kappa shape index (κ1) is 26.2. The number of amides is 1. The van der Waals surface area contributed by atoms with Crippen LogP contribution in [0.5, 0.6) is 0 Å². The highest BCUT2D eigenvalue weighted by Crippen LogP contribution is 2.32. The lowest BCUT2D eigenvalue weighted by molar-refractivity contribution is 0.0917. The van der Waals surface area contributed by atoms with Gasteiger partial charge < -0.3 is 19.9 Å². The van der Waals surface area contributed by atoms with Gasteiger partial charge in [0.25, 0.3) is 12.0 Å². The van der Waals surface area contributed by atoms with Gasteiger partial charge in [-0.3, -0.25) is 4.79 Å². The number of fused-ring (bicyclic) bond motifs is 3. The Balaban J connectivity index is 1.45. The number of rotatable bonds is 6. The number of nitrogens with one attached hydrogen (secondary N) is 2. The van der Waals surface area contributed by atoms with Gasteiger partial charge in [-0.1, -0.05) is 48.5 Å². The van der Waals surface area contributed by atoms with Crippen LogP contribution in [0.1, 0.15) is 53.0 Å². The molecule has 0 saturated heterocycles. The van der Waals surface area contributed by atoms with Crippen LogP contribution in [0.2, 0.25) is 0 Å². The van der Waals surface area contributed by atoms with E-state index >= 15 is 0 Å². The lowest BCUT2D eigenvalue weighted by Crippen LogP contribution is -2.39. The van der Waals surface area contributed by atoms with Gasteiger partial charge in [0, 0.05) is 17.7 Å². The number of hydrogen-bond donors (Lipinski definition) is 2. The fourth-order valence-electron chi connectivity index (χ4n) is 4.80. The molecular weight excluding hydrogens is 511 g/mol. The SMILES string of the molecule is Cc1nc(N[C@H](C)c2cccc(C(F)F)c2F)c2c3c(c(=O)[nH]c2n1)CN(C(=O)OCc1ccccc1)CC3. The van der Waals surface area contributed by atoms with Crippen LogP contribution in [0, 0.1) is 12.7 Å². The maximum absolute atomic E-state index is 14.8. The Hall–Kier alpha value is -4.41. The molecule has 3 heterocycles. The average molecular weight is 538 g/mol. The van der Waals surface area contributed by atoms with Crippen molar-refractivity contribution >= 4 is 22.9 Å². The topological polar surface area (TPSA) is 100 Å². The number of aryl methyl sites for hydroxylation is 1. The minimum atomic E-state index is -2.95. The number of benzene rings is 2. The number of carbonyl (C=O) groups is 1. The van der Waals surface area contributed by atoms with Crippen molar-refractivity contribution in [3.63, 3.8) is 0 Å². The minimum absolute atomic E-state index is 0.0299. The highest BCUT2D eigenvalue weighted by atomic mass is 19.3. The van der Waals surface area contributed by atoms with Crippen LogP contribution in [0.4, 0.5) is 23.8 Å². The van der Waals surface area contributed by atoms with Crippen LogP contribution in [0.15, 0.2) is 53.3 Å². The molecule has 0 saturated carbocycles. The number of alkyl halides is 2. The molecule has 39 heavy (non-hydrogen) atoms. The number of H-pyrrole nitrogens is 1. The molecule has 4 aromatic rings. The summed E-state index contributed by atoms with van der Waals surface area (Å²) in [4.78, 5) is 38.8. The summed E-state index contributed by atoms with van der Waals surface area (Å²) in [6.45, 7) is 3.73. The molecule has 2 aromatic carbocycles. The summed E-state index contributed by atoms with van der Waals surface area (Å²) in [5.74, 6) is -0.293. The van der Waals surface area contributed by atoms with Gasteiger partial charge in [-0.25, -0.2) is 27.9 Å². The predicted octanol–water partition coefficient (Wildman–Crippen LogP) is 5.57. The number of aromatic amines is 1. The van der Waals surface area contributed by atoms with E-state index in [4.69, 9.17) is 4.74 Å². The first-order valence-corrected chi connectivity index (χ1v) is 12.4. The Morgan fingerprint density at radius 1 is 1.10 bits per heavy atom. The third-order valence-corrected chi connectivity index (χ3v) is 6.75. The molecule has 0 spiro atoms. The summed E-state index contributed by atoms with van der Waals surface area (Å²) in [6.07, 6.45) is -3.15. The van der Waals surface area contributed by atoms with Crippen molar-refractivity contribution in [2.75, 3.05) is 11.9 Å². The number of anilines is 1. The van der Waals surface area contributed by atoms with Crippen LogP contribution < -0.4 is 10.9 Å². The standard InChI is InChI=1S/C28H26F3N5O3/c1-15(18-9-6-10-20(23(18)29)24(30)31)32-25-22-19-11-12-36(28(38)39-14-17-7-4-3-5-8-17)13-21(19)27(37)35-26(22)34-16(2)33-25/h3-10,15,24H,11-14H2,1-2H3,(H2,32,33,34,35,37)/t15-/m1/s1. The smallest absolute Gasteiger partial charge is 0.410 e. The highest BCUT2D eigenvalue weighted by Gasteiger charge is 2.28. The van der Waals surface area contributed by atoms with E-state index in [2.05, 4.69) is 20.3 Å². The molecule has 0 fully saturated rings. The molecule has 202 valence electrons. The van der Waals surface area contributed by atoms with Crippen molar-refractivity contribution in [3.05, 3.63) is 98.3 Å². The van der Waals surface area contributed by atoms with E-state index in [9.17, 15) is 22.8 Å². The largest absolute Gasteiger partial charge is 0.445 e. The number of nitrogens with zero attached hydrogens (tertiary/aromatic N) is 3. The number of ether oxygens (including phenoxy) is 1. The predicted molar refractivity (Wildman–Crippen MR) is 139 cm³/mol. The van der Waals surface area contributed by atoms with Crippen molar-refractivity contribution in [1.29, 1.82) is 0 Å². The van der Waals surface area contributed by atoms with Crippen molar-refractivity contribution < 1.29 is 22.7 Å². The Labute approximate surface area is 221 Å². The summed E-state index contributed by atoms with van der Waals surface area (Å²) in [7, 11) is 0. The number of pyridine rings is 1. The molecule has 8 nitrogen and oxygen atoms in total. The molecular formula is C28H26F3N5O3.